The average molecular weight is 278 g/mol. The zero-order valence-electron chi connectivity index (χ0n) is 12.1. The first kappa shape index (κ1) is 16.2. The topological polar surface area (TPSA) is 92.4 Å². The van der Waals surface area contributed by atoms with Crippen LogP contribution in [0.15, 0.2) is 30.3 Å². The van der Waals surface area contributed by atoms with Crippen LogP contribution in [0.25, 0.3) is 0 Å². The maximum absolute atomic E-state index is 12.0. The highest BCUT2D eigenvalue weighted by Crippen LogP contribution is 2.21. The van der Waals surface area contributed by atoms with Crippen LogP contribution in [-0.4, -0.2) is 23.0 Å². The Morgan fingerprint density at radius 1 is 1.30 bits per heavy atom. The number of nitrogens with two attached hydrogens (primary N) is 1. The lowest BCUT2D eigenvalue weighted by Gasteiger charge is -2.27. The summed E-state index contributed by atoms with van der Waals surface area (Å²) >= 11 is 0. The molecule has 0 spiro atoms. The van der Waals surface area contributed by atoms with Gasteiger partial charge in [0.1, 0.15) is 0 Å². The molecule has 0 fully saturated rings. The Hall–Kier alpha value is -1.88. The van der Waals surface area contributed by atoms with Crippen molar-refractivity contribution in [3.8, 4) is 0 Å². The molecule has 0 aromatic heterocycles. The van der Waals surface area contributed by atoms with Gasteiger partial charge >= 0.3 is 5.97 Å². The molecule has 110 valence electrons. The maximum atomic E-state index is 12.0. The molecule has 0 saturated heterocycles. The van der Waals surface area contributed by atoms with E-state index in [-0.39, 0.29) is 24.3 Å². The summed E-state index contributed by atoms with van der Waals surface area (Å²) in [6.45, 7) is 5.32. The third-order valence-electron chi connectivity index (χ3n) is 3.45. The number of hydrogen-bond acceptors (Lipinski definition) is 3. The van der Waals surface area contributed by atoms with Crippen molar-refractivity contribution in [2.24, 2.45) is 11.7 Å². The van der Waals surface area contributed by atoms with Crippen molar-refractivity contribution in [2.75, 3.05) is 0 Å². The number of amides is 1. The lowest BCUT2D eigenvalue weighted by Crippen LogP contribution is -2.50. The van der Waals surface area contributed by atoms with Crippen LogP contribution in [0.1, 0.15) is 32.8 Å². The molecule has 20 heavy (non-hydrogen) atoms. The molecule has 0 aliphatic rings. The van der Waals surface area contributed by atoms with Crippen LogP contribution in [0.5, 0.6) is 0 Å². The lowest BCUT2D eigenvalue weighted by molar-refractivity contribution is -0.147. The van der Waals surface area contributed by atoms with E-state index >= 15 is 0 Å². The van der Waals surface area contributed by atoms with Gasteiger partial charge in [-0.1, -0.05) is 44.2 Å². The van der Waals surface area contributed by atoms with E-state index in [1.54, 1.807) is 30.3 Å². The second-order valence-corrected chi connectivity index (χ2v) is 5.46. The van der Waals surface area contributed by atoms with Crippen LogP contribution in [0.2, 0.25) is 0 Å². The molecular weight excluding hydrogens is 256 g/mol. The Morgan fingerprint density at radius 3 is 2.30 bits per heavy atom. The molecule has 1 aromatic rings. The van der Waals surface area contributed by atoms with Gasteiger partial charge in [-0.15, -0.1) is 0 Å². The summed E-state index contributed by atoms with van der Waals surface area (Å²) < 4.78 is 0. The van der Waals surface area contributed by atoms with Gasteiger partial charge in [-0.3, -0.25) is 4.79 Å². The normalized spacial score (nSPS) is 15.4. The molecule has 0 saturated carbocycles. The van der Waals surface area contributed by atoms with Crippen molar-refractivity contribution in [3.63, 3.8) is 0 Å². The summed E-state index contributed by atoms with van der Waals surface area (Å²) in [4.78, 5) is 23.5. The van der Waals surface area contributed by atoms with Gasteiger partial charge in [-0.25, -0.2) is 4.79 Å². The maximum Gasteiger partial charge on any atom is 0.333 e. The van der Waals surface area contributed by atoms with Crippen LogP contribution in [0.3, 0.4) is 0 Å². The molecule has 0 heterocycles. The fourth-order valence-corrected chi connectivity index (χ4v) is 1.80. The number of carboxylic acid groups (broad SMARTS) is 1. The summed E-state index contributed by atoms with van der Waals surface area (Å²) in [5, 5.41) is 12.0. The number of hydrogen-bond donors (Lipinski definition) is 3. The van der Waals surface area contributed by atoms with Gasteiger partial charge in [0.25, 0.3) is 0 Å². The van der Waals surface area contributed by atoms with E-state index < -0.39 is 11.5 Å². The molecule has 4 N–H and O–H groups in total. The second-order valence-electron chi connectivity index (χ2n) is 5.46. The van der Waals surface area contributed by atoms with Crippen LogP contribution >= 0.6 is 0 Å². The number of aliphatic carboxylic acids is 1. The molecule has 2 unspecified atom stereocenters. The highest BCUT2D eigenvalue weighted by molar-refractivity contribution is 5.88. The van der Waals surface area contributed by atoms with Crippen molar-refractivity contribution in [2.45, 2.75) is 38.8 Å². The second kappa shape index (κ2) is 6.52. The minimum atomic E-state index is -1.45. The molecule has 2 atom stereocenters. The van der Waals surface area contributed by atoms with E-state index in [1.165, 1.54) is 6.92 Å². The number of carbonyl (C=O) groups is 2. The number of nitrogens with one attached hydrogen (secondary N) is 1. The SMILES string of the molecule is CC(C)C(N)CC(=O)NC(C)(C(=O)O)c1ccccc1. The number of carboxylic acids is 1. The molecule has 5 nitrogen and oxygen atoms in total. The van der Waals surface area contributed by atoms with E-state index in [1.807, 2.05) is 13.8 Å². The minimum absolute atomic E-state index is 0.105. The molecule has 0 radical (unpaired) electrons. The van der Waals surface area contributed by atoms with Crippen molar-refractivity contribution in [3.05, 3.63) is 35.9 Å². The number of rotatable bonds is 6. The van der Waals surface area contributed by atoms with E-state index in [0.29, 0.717) is 5.56 Å². The highest BCUT2D eigenvalue weighted by atomic mass is 16.4. The first-order valence-electron chi connectivity index (χ1n) is 6.63. The zero-order valence-corrected chi connectivity index (χ0v) is 12.1. The molecule has 0 bridgehead atoms. The Balaban J connectivity index is 2.89. The fourth-order valence-electron chi connectivity index (χ4n) is 1.80. The predicted octanol–water partition coefficient (Wildman–Crippen LogP) is 1.48. The predicted molar refractivity (Wildman–Crippen MR) is 77.0 cm³/mol. The molecule has 5 heteroatoms. The van der Waals surface area contributed by atoms with Gasteiger partial charge in [0.15, 0.2) is 5.54 Å². The van der Waals surface area contributed by atoms with Crippen LogP contribution in [0, 0.1) is 5.92 Å². The van der Waals surface area contributed by atoms with Crippen molar-refractivity contribution in [1.29, 1.82) is 0 Å². The summed E-state index contributed by atoms with van der Waals surface area (Å²) in [5.74, 6) is -1.30. The van der Waals surface area contributed by atoms with Gasteiger partial charge in [-0.2, -0.15) is 0 Å². The monoisotopic (exact) mass is 278 g/mol. The fraction of sp³-hybridized carbons (Fsp3) is 0.467. The first-order chi connectivity index (χ1) is 9.27. The quantitative estimate of drug-likeness (QED) is 0.734. The van der Waals surface area contributed by atoms with Gasteiger partial charge < -0.3 is 16.2 Å². The molecule has 1 amide bonds. The molecule has 1 rings (SSSR count). The third-order valence-corrected chi connectivity index (χ3v) is 3.45. The van der Waals surface area contributed by atoms with E-state index in [2.05, 4.69) is 5.32 Å². The van der Waals surface area contributed by atoms with Gasteiger partial charge in [0.2, 0.25) is 5.91 Å². The van der Waals surface area contributed by atoms with Crippen molar-refractivity contribution in [1.82, 2.24) is 5.32 Å². The summed E-state index contributed by atoms with van der Waals surface area (Å²) in [6, 6.07) is 8.34. The Labute approximate surface area is 119 Å². The Bertz CT molecular complexity index is 473. The van der Waals surface area contributed by atoms with Gasteiger partial charge in [0.05, 0.1) is 0 Å². The van der Waals surface area contributed by atoms with Crippen LogP contribution in [-0.2, 0) is 15.1 Å². The van der Waals surface area contributed by atoms with Gasteiger partial charge in [-0.05, 0) is 18.4 Å². The third kappa shape index (κ3) is 3.81. The van der Waals surface area contributed by atoms with E-state index in [4.69, 9.17) is 5.73 Å². The van der Waals surface area contributed by atoms with E-state index in [0.717, 1.165) is 0 Å². The molecule has 1 aromatic carbocycles. The lowest BCUT2D eigenvalue weighted by atomic mass is 9.91. The van der Waals surface area contributed by atoms with Crippen molar-refractivity contribution < 1.29 is 14.7 Å². The standard InChI is InChI=1S/C15H22N2O3/c1-10(2)12(16)9-13(18)17-15(3,14(19)20)11-7-5-4-6-8-11/h4-8,10,12H,9,16H2,1-3H3,(H,17,18)(H,19,20). The summed E-state index contributed by atoms with van der Waals surface area (Å²) in [5.41, 5.74) is 4.92. The minimum Gasteiger partial charge on any atom is -0.479 e. The number of benzene rings is 1. The average Bonchev–Trinajstić information content (AvgIpc) is 2.38. The number of carbonyl (C=O) groups excluding carboxylic acids is 1. The Kier molecular flexibility index (Phi) is 5.27. The molecule has 0 aliphatic carbocycles. The van der Waals surface area contributed by atoms with Crippen LogP contribution in [0.4, 0.5) is 0 Å². The Morgan fingerprint density at radius 2 is 1.85 bits per heavy atom. The zero-order chi connectivity index (χ0) is 15.3. The summed E-state index contributed by atoms with van der Waals surface area (Å²) in [6.07, 6.45) is 0.105. The van der Waals surface area contributed by atoms with E-state index in [9.17, 15) is 14.7 Å². The molecular formula is C15H22N2O3. The largest absolute Gasteiger partial charge is 0.479 e. The smallest absolute Gasteiger partial charge is 0.333 e. The van der Waals surface area contributed by atoms with Gasteiger partial charge in [0, 0.05) is 12.5 Å². The summed E-state index contributed by atoms with van der Waals surface area (Å²) in [7, 11) is 0. The highest BCUT2D eigenvalue weighted by Gasteiger charge is 2.36. The van der Waals surface area contributed by atoms with Crippen molar-refractivity contribution >= 4 is 11.9 Å². The molecule has 0 aliphatic heterocycles. The van der Waals surface area contributed by atoms with Crippen LogP contribution < -0.4 is 11.1 Å². The first-order valence-corrected chi connectivity index (χ1v) is 6.63.